The van der Waals surface area contributed by atoms with E-state index in [0.717, 1.165) is 22.4 Å². The number of sulfonamides is 1. The normalized spacial score (nSPS) is 17.1. The molecule has 1 atom stereocenters. The number of piperazine rings is 1. The first-order valence-electron chi connectivity index (χ1n) is 10.8. The fourth-order valence-corrected chi connectivity index (χ4v) is 5.46. The van der Waals surface area contributed by atoms with E-state index < -0.39 is 10.0 Å². The number of primary sulfonamides is 1. The van der Waals surface area contributed by atoms with Crippen LogP contribution in [0.5, 0.6) is 0 Å². The van der Waals surface area contributed by atoms with E-state index in [1.807, 2.05) is 33.9 Å². The third-order valence-electron chi connectivity index (χ3n) is 6.03. The van der Waals surface area contributed by atoms with Gasteiger partial charge in [0.1, 0.15) is 22.7 Å². The summed E-state index contributed by atoms with van der Waals surface area (Å²) in [6.07, 6.45) is 3.44. The maximum atomic E-state index is 13.1. The standard InChI is InChI=1S/C22H29N7O3S/c1-13(2)16-6-5-7-17(19(16)33(23,31)32)27-22(30)29-9-8-28(11-15(29)4)21-18-14(3)10-24-20(18)25-12-26-21/h5-7,10,12-13,15H,8-9,11H2,1-4H3,(H,27,30)(H2,23,31,32)(H,24,25,26)/t15-/m0/s1. The monoisotopic (exact) mass is 471 g/mol. The van der Waals surface area contributed by atoms with Crippen LogP contribution in [0.15, 0.2) is 35.6 Å². The smallest absolute Gasteiger partial charge is 0.322 e. The number of benzene rings is 1. The van der Waals surface area contributed by atoms with Crippen LogP contribution in [0, 0.1) is 6.92 Å². The van der Waals surface area contributed by atoms with Crippen molar-refractivity contribution in [1.82, 2.24) is 19.9 Å². The highest BCUT2D eigenvalue weighted by atomic mass is 32.2. The molecule has 3 aromatic rings. The highest BCUT2D eigenvalue weighted by Crippen LogP contribution is 2.31. The predicted octanol–water partition coefficient (Wildman–Crippen LogP) is 2.78. The highest BCUT2D eigenvalue weighted by Gasteiger charge is 2.31. The van der Waals surface area contributed by atoms with Crippen molar-refractivity contribution < 1.29 is 13.2 Å². The van der Waals surface area contributed by atoms with Gasteiger partial charge < -0.3 is 20.1 Å². The lowest BCUT2D eigenvalue weighted by Gasteiger charge is -2.40. The molecule has 2 aromatic heterocycles. The molecule has 1 saturated heterocycles. The van der Waals surface area contributed by atoms with Crippen LogP contribution in [0.25, 0.3) is 11.0 Å². The first kappa shape index (κ1) is 23.0. The van der Waals surface area contributed by atoms with Gasteiger partial charge in [0.15, 0.2) is 0 Å². The average molecular weight is 472 g/mol. The molecule has 176 valence electrons. The largest absolute Gasteiger partial charge is 0.352 e. The molecule has 33 heavy (non-hydrogen) atoms. The quantitative estimate of drug-likeness (QED) is 0.535. The number of aromatic amines is 1. The first-order valence-corrected chi connectivity index (χ1v) is 12.4. The van der Waals surface area contributed by atoms with Crippen LogP contribution in [0.4, 0.5) is 16.3 Å². The molecular formula is C22H29N7O3S. The second-order valence-corrected chi connectivity index (χ2v) is 10.2. The number of H-pyrrole nitrogens is 1. The van der Waals surface area contributed by atoms with Crippen molar-refractivity contribution in [2.75, 3.05) is 29.9 Å². The molecule has 1 fully saturated rings. The Bertz CT molecular complexity index is 1300. The predicted molar refractivity (Wildman–Crippen MR) is 128 cm³/mol. The van der Waals surface area contributed by atoms with Crippen LogP contribution in [0.3, 0.4) is 0 Å². The maximum absolute atomic E-state index is 13.1. The molecule has 0 saturated carbocycles. The Labute approximate surface area is 193 Å². The molecule has 0 aliphatic carbocycles. The topological polar surface area (TPSA) is 137 Å². The van der Waals surface area contributed by atoms with Gasteiger partial charge >= 0.3 is 6.03 Å². The molecule has 0 bridgehead atoms. The Morgan fingerprint density at radius 2 is 2.03 bits per heavy atom. The Kier molecular flexibility index (Phi) is 6.02. The highest BCUT2D eigenvalue weighted by molar-refractivity contribution is 7.89. The molecule has 11 heteroatoms. The second-order valence-electron chi connectivity index (χ2n) is 8.73. The number of carbonyl (C=O) groups is 1. The number of nitrogens with one attached hydrogen (secondary N) is 2. The molecule has 4 N–H and O–H groups in total. The summed E-state index contributed by atoms with van der Waals surface area (Å²) in [7, 11) is -4.02. The zero-order chi connectivity index (χ0) is 23.9. The second kappa shape index (κ2) is 8.64. The number of amides is 2. The van der Waals surface area contributed by atoms with E-state index in [2.05, 4.69) is 25.2 Å². The van der Waals surface area contributed by atoms with Crippen LogP contribution < -0.4 is 15.4 Å². The van der Waals surface area contributed by atoms with Gasteiger partial charge in [0.2, 0.25) is 10.0 Å². The summed E-state index contributed by atoms with van der Waals surface area (Å²) in [6.45, 7) is 9.35. The molecule has 4 rings (SSSR count). The molecule has 2 amide bonds. The van der Waals surface area contributed by atoms with Gasteiger partial charge in [-0.25, -0.2) is 28.3 Å². The average Bonchev–Trinajstić information content (AvgIpc) is 3.13. The van der Waals surface area contributed by atoms with Gasteiger partial charge in [-0.15, -0.1) is 0 Å². The summed E-state index contributed by atoms with van der Waals surface area (Å²) >= 11 is 0. The number of carbonyl (C=O) groups excluding carboxylic acids is 1. The van der Waals surface area contributed by atoms with E-state index >= 15 is 0 Å². The SMILES string of the molecule is Cc1c[nH]c2ncnc(N3CCN(C(=O)Nc4cccc(C(C)C)c4S(N)(=O)=O)[C@@H](C)C3)c12. The number of anilines is 2. The number of nitrogens with two attached hydrogens (primary N) is 1. The minimum absolute atomic E-state index is 0.0362. The lowest BCUT2D eigenvalue weighted by molar-refractivity contribution is 0.184. The minimum Gasteiger partial charge on any atom is -0.352 e. The van der Waals surface area contributed by atoms with E-state index in [0.29, 0.717) is 25.2 Å². The molecule has 0 unspecified atom stereocenters. The van der Waals surface area contributed by atoms with Gasteiger partial charge in [-0.2, -0.15) is 0 Å². The fourth-order valence-electron chi connectivity index (χ4n) is 4.40. The van der Waals surface area contributed by atoms with Crippen molar-refractivity contribution in [3.63, 3.8) is 0 Å². The van der Waals surface area contributed by atoms with Gasteiger partial charge in [0, 0.05) is 31.9 Å². The molecule has 0 spiro atoms. The van der Waals surface area contributed by atoms with Crippen LogP contribution in [0.2, 0.25) is 0 Å². The number of rotatable bonds is 4. The molecule has 1 aliphatic heterocycles. The van der Waals surface area contributed by atoms with Crippen LogP contribution >= 0.6 is 0 Å². The number of aryl methyl sites for hydroxylation is 1. The van der Waals surface area contributed by atoms with E-state index in [4.69, 9.17) is 5.14 Å². The van der Waals surface area contributed by atoms with Crippen molar-refractivity contribution in [1.29, 1.82) is 0 Å². The van der Waals surface area contributed by atoms with E-state index in [-0.39, 0.29) is 28.6 Å². The zero-order valence-electron chi connectivity index (χ0n) is 19.2. The first-order chi connectivity index (χ1) is 15.6. The van der Waals surface area contributed by atoms with E-state index in [9.17, 15) is 13.2 Å². The minimum atomic E-state index is -4.02. The molecule has 1 aromatic carbocycles. The Morgan fingerprint density at radius 3 is 2.70 bits per heavy atom. The maximum Gasteiger partial charge on any atom is 0.322 e. The van der Waals surface area contributed by atoms with Crippen molar-refractivity contribution in [2.45, 2.75) is 44.6 Å². The lowest BCUT2D eigenvalue weighted by atomic mass is 10.0. The Morgan fingerprint density at radius 1 is 1.27 bits per heavy atom. The van der Waals surface area contributed by atoms with Gasteiger partial charge in [-0.3, -0.25) is 0 Å². The fraction of sp³-hybridized carbons (Fsp3) is 0.409. The number of fused-ring (bicyclic) bond motifs is 1. The molecular weight excluding hydrogens is 442 g/mol. The third kappa shape index (κ3) is 4.38. The van der Waals surface area contributed by atoms with Crippen molar-refractivity contribution >= 4 is 38.6 Å². The lowest BCUT2D eigenvalue weighted by Crippen LogP contribution is -2.55. The van der Waals surface area contributed by atoms with Crippen LogP contribution in [-0.2, 0) is 10.0 Å². The van der Waals surface area contributed by atoms with Crippen molar-refractivity contribution in [3.05, 3.63) is 41.9 Å². The van der Waals surface area contributed by atoms with E-state index in [1.54, 1.807) is 23.1 Å². The van der Waals surface area contributed by atoms with Crippen molar-refractivity contribution in [3.8, 4) is 0 Å². The van der Waals surface area contributed by atoms with Gasteiger partial charge in [-0.1, -0.05) is 26.0 Å². The summed E-state index contributed by atoms with van der Waals surface area (Å²) < 4.78 is 24.6. The van der Waals surface area contributed by atoms with Crippen molar-refractivity contribution in [2.24, 2.45) is 5.14 Å². The zero-order valence-corrected chi connectivity index (χ0v) is 20.0. The summed E-state index contributed by atoms with van der Waals surface area (Å²) in [5.41, 5.74) is 2.62. The summed E-state index contributed by atoms with van der Waals surface area (Å²) in [5.74, 6) is 0.769. The number of hydrogen-bond donors (Lipinski definition) is 3. The summed E-state index contributed by atoms with van der Waals surface area (Å²) in [6, 6.07) is 4.51. The molecule has 1 aliphatic rings. The van der Waals surface area contributed by atoms with Crippen LogP contribution in [-0.4, -0.2) is 60.0 Å². The molecule has 3 heterocycles. The number of urea groups is 1. The summed E-state index contributed by atoms with van der Waals surface area (Å²) in [4.78, 5) is 28.9. The number of nitrogens with zero attached hydrogens (tertiary/aromatic N) is 4. The third-order valence-corrected chi connectivity index (χ3v) is 7.05. The molecule has 10 nitrogen and oxygen atoms in total. The Hall–Kier alpha value is -3.18. The Balaban J connectivity index is 1.55. The summed E-state index contributed by atoms with van der Waals surface area (Å²) in [5, 5.41) is 9.25. The van der Waals surface area contributed by atoms with Gasteiger partial charge in [-0.05, 0) is 37.0 Å². The van der Waals surface area contributed by atoms with Gasteiger partial charge in [0.05, 0.1) is 11.1 Å². The molecule has 0 radical (unpaired) electrons. The number of hydrogen-bond acceptors (Lipinski definition) is 6. The van der Waals surface area contributed by atoms with E-state index in [1.165, 1.54) is 6.33 Å². The number of aromatic nitrogens is 3. The van der Waals surface area contributed by atoms with Gasteiger partial charge in [0.25, 0.3) is 0 Å². The van der Waals surface area contributed by atoms with Crippen LogP contribution in [0.1, 0.15) is 37.8 Å².